The smallest absolute Gasteiger partial charge is 0.184 e. The predicted octanol–water partition coefficient (Wildman–Crippen LogP) is 2.64. The van der Waals surface area contributed by atoms with Crippen LogP contribution in [0.25, 0.3) is 5.57 Å². The highest BCUT2D eigenvalue weighted by molar-refractivity contribution is 6.13. The van der Waals surface area contributed by atoms with Crippen molar-refractivity contribution in [2.75, 3.05) is 7.11 Å². The minimum absolute atomic E-state index is 0.0213. The van der Waals surface area contributed by atoms with Gasteiger partial charge in [0.05, 0.1) is 18.3 Å². The molecule has 0 fully saturated rings. The summed E-state index contributed by atoms with van der Waals surface area (Å²) in [6.45, 7) is 3.99. The highest BCUT2D eigenvalue weighted by atomic mass is 16.5. The Labute approximate surface area is 146 Å². The Kier molecular flexibility index (Phi) is 4.05. The number of nitrogens with zero attached hydrogens (tertiary/aromatic N) is 1. The molecule has 0 saturated heterocycles. The summed E-state index contributed by atoms with van der Waals surface area (Å²) in [4.78, 5) is 12.8. The number of carbonyl (C=O) groups excluding carboxylic acids is 1. The van der Waals surface area contributed by atoms with Crippen LogP contribution in [0.1, 0.15) is 32.3 Å². The first-order valence-electron chi connectivity index (χ1n) is 7.98. The van der Waals surface area contributed by atoms with E-state index in [1.807, 2.05) is 13.8 Å². The van der Waals surface area contributed by atoms with Crippen LogP contribution in [0, 0.1) is 16.7 Å². The molecular formula is C19H20N2O4. The van der Waals surface area contributed by atoms with Gasteiger partial charge >= 0.3 is 0 Å². The summed E-state index contributed by atoms with van der Waals surface area (Å²) in [5.74, 6) is 0.683. The fourth-order valence-electron chi connectivity index (χ4n) is 3.39. The van der Waals surface area contributed by atoms with Crippen molar-refractivity contribution in [3.8, 4) is 17.6 Å². The predicted molar refractivity (Wildman–Crippen MR) is 91.3 cm³/mol. The molecule has 3 N–H and O–H groups in total. The number of benzene rings is 1. The van der Waals surface area contributed by atoms with Crippen molar-refractivity contribution in [3.05, 3.63) is 40.7 Å². The van der Waals surface area contributed by atoms with Gasteiger partial charge in [-0.15, -0.1) is 0 Å². The molecule has 2 aliphatic rings. The fourth-order valence-corrected chi connectivity index (χ4v) is 3.39. The van der Waals surface area contributed by atoms with Crippen LogP contribution in [-0.2, 0) is 9.53 Å². The highest BCUT2D eigenvalue weighted by Crippen LogP contribution is 2.46. The number of methoxy groups -OCH3 is 1. The molecule has 130 valence electrons. The largest absolute Gasteiger partial charge is 0.504 e. The van der Waals surface area contributed by atoms with Gasteiger partial charge in [-0.2, -0.15) is 5.26 Å². The summed E-state index contributed by atoms with van der Waals surface area (Å²) < 4.78 is 10.9. The van der Waals surface area contributed by atoms with Crippen LogP contribution in [0.2, 0.25) is 0 Å². The number of Topliss-reactive ketones (excluding diaryl/α,β-unsaturated/α-hetero) is 1. The van der Waals surface area contributed by atoms with Crippen molar-refractivity contribution in [3.63, 3.8) is 0 Å². The van der Waals surface area contributed by atoms with Gasteiger partial charge in [0.25, 0.3) is 0 Å². The van der Waals surface area contributed by atoms with Gasteiger partial charge in [0.1, 0.15) is 11.8 Å². The van der Waals surface area contributed by atoms with Crippen molar-refractivity contribution in [2.45, 2.75) is 32.9 Å². The molecule has 0 aromatic heterocycles. The number of ether oxygens (including phenoxy) is 2. The van der Waals surface area contributed by atoms with Gasteiger partial charge in [-0.3, -0.25) is 10.5 Å². The number of ketones is 1. The quantitative estimate of drug-likeness (QED) is 0.857. The van der Waals surface area contributed by atoms with E-state index in [9.17, 15) is 15.2 Å². The lowest BCUT2D eigenvalue weighted by Crippen LogP contribution is -2.36. The Hall–Kier alpha value is -2.78. The number of phenols is 1. The lowest BCUT2D eigenvalue weighted by molar-refractivity contribution is -0.118. The molecule has 1 heterocycles. The number of carbonyl (C=O) groups is 1. The lowest BCUT2D eigenvalue weighted by Gasteiger charge is -2.37. The third kappa shape index (κ3) is 2.87. The van der Waals surface area contributed by atoms with Crippen molar-refractivity contribution in [1.82, 2.24) is 0 Å². The van der Waals surface area contributed by atoms with E-state index in [2.05, 4.69) is 6.07 Å². The SMILES string of the molecule is COc1cc(C2=C(C#N)C(N)OC3=C2C(=O)CC(C)(C)C3)ccc1O. The maximum atomic E-state index is 12.8. The zero-order valence-electron chi connectivity index (χ0n) is 14.4. The number of hydrogen-bond donors (Lipinski definition) is 2. The second kappa shape index (κ2) is 5.94. The average Bonchev–Trinajstić information content (AvgIpc) is 2.53. The molecule has 1 aliphatic heterocycles. The second-order valence-electron chi connectivity index (χ2n) is 7.06. The molecule has 1 unspecified atom stereocenters. The van der Waals surface area contributed by atoms with E-state index >= 15 is 0 Å². The van der Waals surface area contributed by atoms with E-state index in [-0.39, 0.29) is 28.3 Å². The number of nitriles is 1. The molecule has 0 radical (unpaired) electrons. The van der Waals surface area contributed by atoms with Crippen LogP contribution in [0.15, 0.2) is 35.1 Å². The van der Waals surface area contributed by atoms with Crippen molar-refractivity contribution >= 4 is 11.4 Å². The molecule has 1 atom stereocenters. The van der Waals surface area contributed by atoms with E-state index < -0.39 is 6.23 Å². The van der Waals surface area contributed by atoms with Gasteiger partial charge < -0.3 is 14.6 Å². The normalized spacial score (nSPS) is 22.2. The summed E-state index contributed by atoms with van der Waals surface area (Å²) >= 11 is 0. The molecular weight excluding hydrogens is 320 g/mol. The fraction of sp³-hybridized carbons (Fsp3) is 0.368. The van der Waals surface area contributed by atoms with Crippen LogP contribution in [0.4, 0.5) is 0 Å². The Bertz CT molecular complexity index is 859. The van der Waals surface area contributed by atoms with Gasteiger partial charge in [-0.25, -0.2) is 0 Å². The zero-order chi connectivity index (χ0) is 18.4. The standard InChI is InChI=1S/C19H20N2O4/c1-19(2)7-13(23)17-15(8-19)25-18(21)11(9-20)16(17)10-4-5-12(22)14(6-10)24-3/h4-6,18,22H,7-8,21H2,1-3H3. The number of aromatic hydroxyl groups is 1. The number of nitrogens with two attached hydrogens (primary N) is 1. The summed E-state index contributed by atoms with van der Waals surface area (Å²) in [5, 5.41) is 19.4. The van der Waals surface area contributed by atoms with Crippen LogP contribution < -0.4 is 10.5 Å². The van der Waals surface area contributed by atoms with Crippen molar-refractivity contribution in [1.29, 1.82) is 5.26 Å². The molecule has 6 heteroatoms. The molecule has 0 saturated carbocycles. The van der Waals surface area contributed by atoms with Gasteiger partial charge in [-0.1, -0.05) is 19.9 Å². The number of hydrogen-bond acceptors (Lipinski definition) is 6. The van der Waals surface area contributed by atoms with Gasteiger partial charge in [0.2, 0.25) is 0 Å². The average molecular weight is 340 g/mol. The first-order valence-corrected chi connectivity index (χ1v) is 7.98. The second-order valence-corrected chi connectivity index (χ2v) is 7.06. The number of allylic oxidation sites excluding steroid dienone is 3. The van der Waals surface area contributed by atoms with Gasteiger partial charge in [0.15, 0.2) is 23.5 Å². The molecule has 3 rings (SSSR count). The maximum absolute atomic E-state index is 12.8. The maximum Gasteiger partial charge on any atom is 0.184 e. The molecule has 0 amide bonds. The Balaban J connectivity index is 2.25. The number of phenolic OH excluding ortho intramolecular Hbond substituents is 1. The lowest BCUT2D eigenvalue weighted by atomic mass is 9.72. The summed E-state index contributed by atoms with van der Waals surface area (Å²) in [6.07, 6.45) is 0.00128. The summed E-state index contributed by atoms with van der Waals surface area (Å²) in [7, 11) is 1.44. The molecule has 25 heavy (non-hydrogen) atoms. The molecule has 1 aliphatic carbocycles. The van der Waals surface area contributed by atoms with Crippen LogP contribution >= 0.6 is 0 Å². The zero-order valence-corrected chi connectivity index (χ0v) is 14.4. The topological polar surface area (TPSA) is 106 Å². The summed E-state index contributed by atoms with van der Waals surface area (Å²) in [5.41, 5.74) is 7.46. The third-order valence-electron chi connectivity index (χ3n) is 4.50. The van der Waals surface area contributed by atoms with Gasteiger partial charge in [0, 0.05) is 18.4 Å². The minimum atomic E-state index is -0.930. The molecule has 1 aromatic rings. The van der Waals surface area contributed by atoms with Crippen molar-refractivity contribution < 1.29 is 19.4 Å². The minimum Gasteiger partial charge on any atom is -0.504 e. The van der Waals surface area contributed by atoms with E-state index in [1.54, 1.807) is 12.1 Å². The van der Waals surface area contributed by atoms with E-state index in [0.717, 1.165) is 0 Å². The van der Waals surface area contributed by atoms with E-state index in [4.69, 9.17) is 15.2 Å². The highest BCUT2D eigenvalue weighted by Gasteiger charge is 2.41. The van der Waals surface area contributed by atoms with Crippen LogP contribution in [0.3, 0.4) is 0 Å². The molecule has 0 spiro atoms. The third-order valence-corrected chi connectivity index (χ3v) is 4.50. The molecule has 6 nitrogen and oxygen atoms in total. The Morgan fingerprint density at radius 2 is 2.08 bits per heavy atom. The van der Waals surface area contributed by atoms with Gasteiger partial charge in [-0.05, 0) is 23.1 Å². The molecule has 0 bridgehead atoms. The monoisotopic (exact) mass is 340 g/mol. The molecule has 1 aromatic carbocycles. The van der Waals surface area contributed by atoms with E-state index in [1.165, 1.54) is 13.2 Å². The Morgan fingerprint density at radius 3 is 2.72 bits per heavy atom. The van der Waals surface area contributed by atoms with Crippen LogP contribution in [0.5, 0.6) is 11.5 Å². The Morgan fingerprint density at radius 1 is 1.36 bits per heavy atom. The van der Waals surface area contributed by atoms with Crippen molar-refractivity contribution in [2.24, 2.45) is 11.1 Å². The number of rotatable bonds is 2. The summed E-state index contributed by atoms with van der Waals surface area (Å²) in [6, 6.07) is 6.77. The van der Waals surface area contributed by atoms with Crippen LogP contribution in [-0.4, -0.2) is 24.2 Å². The van der Waals surface area contributed by atoms with E-state index in [0.29, 0.717) is 35.3 Å². The first-order chi connectivity index (χ1) is 11.8. The first kappa shape index (κ1) is 17.1.